The van der Waals surface area contributed by atoms with Crippen molar-refractivity contribution in [1.82, 2.24) is 20.1 Å². The fraction of sp³-hybridized carbons (Fsp3) is 0.417. The van der Waals surface area contributed by atoms with Gasteiger partial charge in [-0.05, 0) is 37.1 Å². The maximum atomic E-state index is 15.7. The van der Waals surface area contributed by atoms with E-state index in [-0.39, 0.29) is 31.6 Å². The second kappa shape index (κ2) is 9.74. The van der Waals surface area contributed by atoms with E-state index in [1.165, 1.54) is 11.1 Å². The smallest absolute Gasteiger partial charge is 0.314 e. The van der Waals surface area contributed by atoms with E-state index in [0.717, 1.165) is 12.8 Å². The van der Waals surface area contributed by atoms with Gasteiger partial charge < -0.3 is 14.1 Å². The number of amides is 1. The predicted molar refractivity (Wildman–Crippen MR) is 119 cm³/mol. The molecule has 2 aliphatic rings. The molecule has 2 aromatic heterocycles. The number of ether oxygens (including phenoxy) is 1. The number of alkyl halides is 3. The topological polar surface area (TPSA) is 84.6 Å². The highest BCUT2D eigenvalue weighted by Gasteiger charge is 2.53. The molecule has 0 aliphatic carbocycles. The second-order valence-corrected chi connectivity index (χ2v) is 8.73. The number of carbonyl (C=O) groups is 1. The molecule has 0 bridgehead atoms. The average Bonchev–Trinajstić information content (AvgIpc) is 3.37. The first kappa shape index (κ1) is 23.4. The SMILES string of the molecule is O=C(N(Cc1ccc(-c2nnc(C(F)F)o2)cn1)c1ccccc1)C1(F)CN(C2CCOCC2)C1. The van der Waals surface area contributed by atoms with Crippen LogP contribution in [-0.4, -0.2) is 64.0 Å². The van der Waals surface area contributed by atoms with E-state index < -0.39 is 23.9 Å². The molecular weight excluding hydrogens is 463 g/mol. The molecule has 2 fully saturated rings. The van der Waals surface area contributed by atoms with Gasteiger partial charge in [-0.2, -0.15) is 8.78 Å². The molecule has 0 unspecified atom stereocenters. The van der Waals surface area contributed by atoms with E-state index in [4.69, 9.17) is 9.15 Å². The highest BCUT2D eigenvalue weighted by Crippen LogP contribution is 2.34. The first-order valence-corrected chi connectivity index (χ1v) is 11.4. The quantitative estimate of drug-likeness (QED) is 0.501. The summed E-state index contributed by atoms with van der Waals surface area (Å²) in [6.07, 6.45) is 0.201. The third kappa shape index (κ3) is 4.92. The van der Waals surface area contributed by atoms with Crippen molar-refractivity contribution >= 4 is 11.6 Å². The molecule has 5 rings (SSSR count). The fourth-order valence-corrected chi connectivity index (χ4v) is 4.42. The van der Waals surface area contributed by atoms with Crippen LogP contribution in [0.4, 0.5) is 18.9 Å². The zero-order chi connectivity index (χ0) is 24.4. The summed E-state index contributed by atoms with van der Waals surface area (Å²) in [7, 11) is 0. The van der Waals surface area contributed by atoms with Gasteiger partial charge in [0.25, 0.3) is 11.8 Å². The molecule has 1 aromatic carbocycles. The molecule has 2 aliphatic heterocycles. The average molecular weight is 487 g/mol. The van der Waals surface area contributed by atoms with Crippen LogP contribution < -0.4 is 4.90 Å². The monoisotopic (exact) mass is 487 g/mol. The molecule has 4 heterocycles. The highest BCUT2D eigenvalue weighted by molar-refractivity contribution is 6.00. The van der Waals surface area contributed by atoms with E-state index in [0.29, 0.717) is 30.2 Å². The number of aromatic nitrogens is 3. The molecule has 2 saturated heterocycles. The lowest BCUT2D eigenvalue weighted by molar-refractivity contribution is -0.147. The van der Waals surface area contributed by atoms with E-state index in [2.05, 4.69) is 15.2 Å². The molecule has 3 aromatic rings. The molecule has 0 saturated carbocycles. The minimum Gasteiger partial charge on any atom is -0.415 e. The number of hydrogen-bond donors (Lipinski definition) is 0. The van der Waals surface area contributed by atoms with Crippen molar-refractivity contribution in [2.24, 2.45) is 0 Å². The Morgan fingerprint density at radius 2 is 1.86 bits per heavy atom. The van der Waals surface area contributed by atoms with E-state index in [9.17, 15) is 13.6 Å². The lowest BCUT2D eigenvalue weighted by Crippen LogP contribution is -2.69. The highest BCUT2D eigenvalue weighted by atomic mass is 19.3. The van der Waals surface area contributed by atoms with E-state index >= 15 is 4.39 Å². The van der Waals surface area contributed by atoms with Gasteiger partial charge in [0.15, 0.2) is 0 Å². The largest absolute Gasteiger partial charge is 0.415 e. The Hall–Kier alpha value is -3.31. The lowest BCUT2D eigenvalue weighted by atomic mass is 9.90. The first-order chi connectivity index (χ1) is 16.9. The van der Waals surface area contributed by atoms with Gasteiger partial charge >= 0.3 is 6.43 Å². The summed E-state index contributed by atoms with van der Waals surface area (Å²) in [5, 5.41) is 6.92. The number of rotatable bonds is 7. The number of benzene rings is 1. The number of anilines is 1. The van der Waals surface area contributed by atoms with E-state index in [1.807, 2.05) is 11.0 Å². The molecule has 0 radical (unpaired) electrons. The maximum absolute atomic E-state index is 15.7. The summed E-state index contributed by atoms with van der Waals surface area (Å²) in [6.45, 7) is 1.45. The van der Waals surface area contributed by atoms with Crippen molar-refractivity contribution in [1.29, 1.82) is 0 Å². The van der Waals surface area contributed by atoms with Crippen molar-refractivity contribution in [3.8, 4) is 11.5 Å². The predicted octanol–water partition coefficient (Wildman–Crippen LogP) is 3.81. The van der Waals surface area contributed by atoms with E-state index in [1.54, 1.807) is 36.4 Å². The van der Waals surface area contributed by atoms with Crippen LogP contribution in [0.15, 0.2) is 53.1 Å². The van der Waals surface area contributed by atoms with Gasteiger partial charge in [-0.15, -0.1) is 10.2 Å². The zero-order valence-corrected chi connectivity index (χ0v) is 18.8. The molecule has 0 spiro atoms. The van der Waals surface area contributed by atoms with Gasteiger partial charge in [-0.1, -0.05) is 18.2 Å². The van der Waals surface area contributed by atoms with Crippen molar-refractivity contribution in [2.75, 3.05) is 31.2 Å². The normalized spacial score (nSPS) is 18.4. The van der Waals surface area contributed by atoms with Gasteiger partial charge in [-0.3, -0.25) is 14.7 Å². The van der Waals surface area contributed by atoms with Crippen LogP contribution in [0.2, 0.25) is 0 Å². The van der Waals surface area contributed by atoms with Gasteiger partial charge in [0, 0.05) is 44.2 Å². The molecule has 8 nitrogen and oxygen atoms in total. The molecule has 0 N–H and O–H groups in total. The Labute approximate surface area is 199 Å². The number of carbonyl (C=O) groups excluding carboxylic acids is 1. The van der Waals surface area contributed by atoms with Crippen molar-refractivity contribution in [3.63, 3.8) is 0 Å². The van der Waals surface area contributed by atoms with Crippen LogP contribution in [0.5, 0.6) is 0 Å². The summed E-state index contributed by atoms with van der Waals surface area (Å²) in [5.74, 6) is -1.47. The first-order valence-electron chi connectivity index (χ1n) is 11.4. The van der Waals surface area contributed by atoms with Crippen LogP contribution in [0, 0.1) is 0 Å². The Bertz CT molecular complexity index is 1150. The third-order valence-corrected chi connectivity index (χ3v) is 6.33. The lowest BCUT2D eigenvalue weighted by Gasteiger charge is -2.49. The van der Waals surface area contributed by atoms with Crippen LogP contribution in [-0.2, 0) is 16.1 Å². The Morgan fingerprint density at radius 1 is 1.11 bits per heavy atom. The number of nitrogens with zero attached hydrogens (tertiary/aromatic N) is 5. The summed E-state index contributed by atoms with van der Waals surface area (Å²) in [5.41, 5.74) is -0.574. The summed E-state index contributed by atoms with van der Waals surface area (Å²) in [4.78, 5) is 21.1. The van der Waals surface area contributed by atoms with Gasteiger partial charge in [0.05, 0.1) is 17.8 Å². The van der Waals surface area contributed by atoms with Crippen LogP contribution in [0.25, 0.3) is 11.5 Å². The molecule has 0 atom stereocenters. The Morgan fingerprint density at radius 3 is 2.49 bits per heavy atom. The standard InChI is InChI=1S/C24H24F3N5O3/c25-20(26)22-30-29-21(35-22)16-6-7-17(28-12-16)13-32(19-4-2-1-3-5-19)23(33)24(27)14-31(15-24)18-8-10-34-11-9-18/h1-7,12,18,20H,8-11,13-15H2. The zero-order valence-electron chi connectivity index (χ0n) is 18.8. The Balaban J connectivity index is 1.32. The molecule has 1 amide bonds. The van der Waals surface area contributed by atoms with Crippen LogP contribution >= 0.6 is 0 Å². The van der Waals surface area contributed by atoms with Crippen LogP contribution in [0.1, 0.15) is 30.9 Å². The minimum absolute atomic E-state index is 0.0399. The maximum Gasteiger partial charge on any atom is 0.314 e. The summed E-state index contributed by atoms with van der Waals surface area (Å²) < 4.78 is 51.5. The number of para-hydroxylation sites is 1. The number of hydrogen-bond acceptors (Lipinski definition) is 7. The molecule has 11 heteroatoms. The van der Waals surface area contributed by atoms with Crippen molar-refractivity contribution in [3.05, 3.63) is 60.2 Å². The summed E-state index contributed by atoms with van der Waals surface area (Å²) >= 11 is 0. The van der Waals surface area contributed by atoms with Gasteiger partial charge in [-0.25, -0.2) is 4.39 Å². The molecular formula is C24H24F3N5O3. The minimum atomic E-state index is -2.86. The number of halogens is 3. The molecule has 35 heavy (non-hydrogen) atoms. The van der Waals surface area contributed by atoms with Gasteiger partial charge in [0.1, 0.15) is 0 Å². The van der Waals surface area contributed by atoms with Gasteiger partial charge in [0.2, 0.25) is 11.6 Å². The van der Waals surface area contributed by atoms with Crippen LogP contribution in [0.3, 0.4) is 0 Å². The van der Waals surface area contributed by atoms with Crippen molar-refractivity contribution in [2.45, 2.75) is 37.5 Å². The number of likely N-dealkylation sites (tertiary alicyclic amines) is 1. The Kier molecular flexibility index (Phi) is 6.52. The third-order valence-electron chi connectivity index (χ3n) is 6.33. The second-order valence-electron chi connectivity index (χ2n) is 8.73. The fourth-order valence-electron chi connectivity index (χ4n) is 4.42. The summed E-state index contributed by atoms with van der Waals surface area (Å²) in [6, 6.07) is 12.3. The van der Waals surface area contributed by atoms with Crippen molar-refractivity contribution < 1.29 is 27.1 Å². The number of pyridine rings is 1. The molecule has 184 valence electrons.